The van der Waals surface area contributed by atoms with E-state index in [9.17, 15) is 13.2 Å². The Morgan fingerprint density at radius 1 is 1.00 bits per heavy atom. The van der Waals surface area contributed by atoms with E-state index in [2.05, 4.69) is 6.92 Å². The number of fused-ring (bicyclic) bond motifs is 1. The molecule has 5 nitrogen and oxygen atoms in total. The summed E-state index contributed by atoms with van der Waals surface area (Å²) < 4.78 is 27.7. The summed E-state index contributed by atoms with van der Waals surface area (Å²) in [4.78, 5) is 16.9. The molecule has 0 bridgehead atoms. The zero-order valence-corrected chi connectivity index (χ0v) is 18.2. The lowest BCUT2D eigenvalue weighted by atomic mass is 10.1. The molecule has 0 unspecified atom stereocenters. The van der Waals surface area contributed by atoms with Gasteiger partial charge in [-0.2, -0.15) is 4.31 Å². The van der Waals surface area contributed by atoms with Crippen LogP contribution in [0.5, 0.6) is 0 Å². The summed E-state index contributed by atoms with van der Waals surface area (Å²) >= 11 is 1.54. The number of rotatable bonds is 4. The van der Waals surface area contributed by atoms with Crippen LogP contribution in [-0.2, 0) is 16.4 Å². The van der Waals surface area contributed by atoms with Gasteiger partial charge in [-0.25, -0.2) is 8.42 Å². The second kappa shape index (κ2) is 7.89. The first-order valence-electron chi connectivity index (χ1n) is 9.77. The molecular weight excluding hydrogens is 404 g/mol. The highest BCUT2D eigenvalue weighted by Gasteiger charge is 2.31. The molecule has 0 atom stereocenters. The van der Waals surface area contributed by atoms with Crippen LogP contribution in [0.1, 0.15) is 27.0 Å². The highest BCUT2D eigenvalue weighted by Crippen LogP contribution is 2.26. The van der Waals surface area contributed by atoms with E-state index in [-0.39, 0.29) is 5.91 Å². The SMILES string of the molecule is CCc1sc(C(=O)N2CCN(S(=O)(=O)c3ccc4ccccc4c3)CC2)cc1C. The first kappa shape index (κ1) is 20.1. The van der Waals surface area contributed by atoms with E-state index in [1.165, 1.54) is 9.18 Å². The topological polar surface area (TPSA) is 57.7 Å². The Morgan fingerprint density at radius 2 is 1.69 bits per heavy atom. The molecule has 1 saturated heterocycles. The molecule has 1 aliphatic rings. The van der Waals surface area contributed by atoms with E-state index in [1.807, 2.05) is 43.3 Å². The second-order valence-corrected chi connectivity index (χ2v) is 10.4. The van der Waals surface area contributed by atoms with Crippen molar-refractivity contribution >= 4 is 38.0 Å². The van der Waals surface area contributed by atoms with Crippen LogP contribution in [0.2, 0.25) is 0 Å². The number of aryl methyl sites for hydroxylation is 2. The summed E-state index contributed by atoms with van der Waals surface area (Å²) in [5, 5.41) is 1.92. The maximum absolute atomic E-state index is 13.1. The van der Waals surface area contributed by atoms with Gasteiger partial charge in [0, 0.05) is 31.1 Å². The molecule has 1 aromatic heterocycles. The van der Waals surface area contributed by atoms with E-state index in [4.69, 9.17) is 0 Å². The van der Waals surface area contributed by atoms with E-state index < -0.39 is 10.0 Å². The van der Waals surface area contributed by atoms with Crippen molar-refractivity contribution in [3.8, 4) is 0 Å². The molecule has 2 aromatic carbocycles. The molecule has 1 amide bonds. The largest absolute Gasteiger partial charge is 0.335 e. The van der Waals surface area contributed by atoms with Crippen LogP contribution >= 0.6 is 11.3 Å². The van der Waals surface area contributed by atoms with Crippen molar-refractivity contribution in [2.45, 2.75) is 25.2 Å². The summed E-state index contributed by atoms with van der Waals surface area (Å²) in [6.45, 7) is 5.55. The third-order valence-corrected chi connectivity index (χ3v) is 8.70. The fourth-order valence-corrected chi connectivity index (χ4v) is 6.28. The number of amides is 1. The summed E-state index contributed by atoms with van der Waals surface area (Å²) in [6, 6.07) is 14.9. The molecule has 152 valence electrons. The molecule has 4 rings (SSSR count). The number of thiophene rings is 1. The van der Waals surface area contributed by atoms with Gasteiger partial charge in [0.25, 0.3) is 5.91 Å². The molecule has 1 fully saturated rings. The summed E-state index contributed by atoms with van der Waals surface area (Å²) in [6.07, 6.45) is 0.918. The fraction of sp³-hybridized carbons (Fsp3) is 0.318. The second-order valence-electron chi connectivity index (χ2n) is 7.28. The van der Waals surface area contributed by atoms with E-state index in [1.54, 1.807) is 28.4 Å². The fourth-order valence-electron chi connectivity index (χ4n) is 3.74. The van der Waals surface area contributed by atoms with E-state index in [0.29, 0.717) is 31.1 Å². The van der Waals surface area contributed by atoms with Crippen molar-refractivity contribution < 1.29 is 13.2 Å². The van der Waals surface area contributed by atoms with Gasteiger partial charge in [0.15, 0.2) is 0 Å². The Labute approximate surface area is 175 Å². The summed E-state index contributed by atoms with van der Waals surface area (Å²) in [7, 11) is -3.58. The first-order valence-corrected chi connectivity index (χ1v) is 12.0. The zero-order valence-electron chi connectivity index (χ0n) is 16.6. The third kappa shape index (κ3) is 3.82. The van der Waals surface area contributed by atoms with Crippen molar-refractivity contribution in [3.63, 3.8) is 0 Å². The maximum Gasteiger partial charge on any atom is 0.264 e. The normalized spacial score (nSPS) is 15.7. The van der Waals surface area contributed by atoms with Gasteiger partial charge < -0.3 is 4.90 Å². The highest BCUT2D eigenvalue weighted by molar-refractivity contribution is 7.89. The molecule has 0 spiro atoms. The van der Waals surface area contributed by atoms with E-state index in [0.717, 1.165) is 27.6 Å². The number of hydrogen-bond acceptors (Lipinski definition) is 4. The Morgan fingerprint density at radius 3 is 2.34 bits per heavy atom. The Kier molecular flexibility index (Phi) is 5.46. The van der Waals surface area contributed by atoms with Crippen LogP contribution < -0.4 is 0 Å². The van der Waals surface area contributed by atoms with Crippen LogP contribution in [0.3, 0.4) is 0 Å². The third-order valence-electron chi connectivity index (χ3n) is 5.44. The number of piperazine rings is 1. The lowest BCUT2D eigenvalue weighted by Crippen LogP contribution is -2.50. The number of sulfonamides is 1. The van der Waals surface area contributed by atoms with Crippen molar-refractivity contribution in [2.24, 2.45) is 0 Å². The minimum absolute atomic E-state index is 0.000512. The van der Waals surface area contributed by atoms with Gasteiger partial charge >= 0.3 is 0 Å². The van der Waals surface area contributed by atoms with Crippen LogP contribution in [0, 0.1) is 6.92 Å². The number of benzene rings is 2. The first-order chi connectivity index (χ1) is 13.9. The predicted molar refractivity (Wildman–Crippen MR) is 117 cm³/mol. The Hall–Kier alpha value is -2.22. The molecular formula is C22H24N2O3S2. The Bertz CT molecular complexity index is 1160. The molecule has 0 radical (unpaired) electrons. The number of hydrogen-bond donors (Lipinski definition) is 0. The lowest BCUT2D eigenvalue weighted by molar-refractivity contribution is 0.0702. The molecule has 0 aliphatic carbocycles. The van der Waals surface area contributed by atoms with Crippen LogP contribution in [0.25, 0.3) is 10.8 Å². The monoisotopic (exact) mass is 428 g/mol. The van der Waals surface area contributed by atoms with Crippen LogP contribution in [-0.4, -0.2) is 49.7 Å². The van der Waals surface area contributed by atoms with Crippen LogP contribution in [0.4, 0.5) is 0 Å². The predicted octanol–water partition coefficient (Wildman–Crippen LogP) is 3.92. The molecule has 1 aliphatic heterocycles. The number of nitrogens with zero attached hydrogens (tertiary/aromatic N) is 2. The van der Waals surface area contributed by atoms with Gasteiger partial charge in [0.1, 0.15) is 0 Å². The molecule has 0 N–H and O–H groups in total. The van der Waals surface area contributed by atoms with Crippen molar-refractivity contribution in [2.75, 3.05) is 26.2 Å². The molecule has 0 saturated carbocycles. The minimum atomic E-state index is -3.58. The highest BCUT2D eigenvalue weighted by atomic mass is 32.2. The van der Waals surface area contributed by atoms with Gasteiger partial charge in [-0.15, -0.1) is 11.3 Å². The van der Waals surface area contributed by atoms with Crippen LogP contribution in [0.15, 0.2) is 53.4 Å². The quantitative estimate of drug-likeness (QED) is 0.633. The van der Waals surface area contributed by atoms with Gasteiger partial charge in [0.2, 0.25) is 10.0 Å². The van der Waals surface area contributed by atoms with E-state index >= 15 is 0 Å². The molecule has 3 aromatic rings. The summed E-state index contributed by atoms with van der Waals surface area (Å²) in [5.74, 6) is 0.000512. The number of carbonyl (C=O) groups excluding carboxylic acids is 1. The molecule has 29 heavy (non-hydrogen) atoms. The van der Waals surface area contributed by atoms with Crippen molar-refractivity contribution in [1.82, 2.24) is 9.21 Å². The average molecular weight is 429 g/mol. The minimum Gasteiger partial charge on any atom is -0.335 e. The maximum atomic E-state index is 13.1. The van der Waals surface area contributed by atoms with Crippen molar-refractivity contribution in [1.29, 1.82) is 0 Å². The smallest absolute Gasteiger partial charge is 0.264 e. The Balaban J connectivity index is 1.48. The average Bonchev–Trinajstić information content (AvgIpc) is 3.13. The van der Waals surface area contributed by atoms with Gasteiger partial charge in [-0.1, -0.05) is 37.3 Å². The molecule has 2 heterocycles. The summed E-state index contributed by atoms with van der Waals surface area (Å²) in [5.41, 5.74) is 1.15. The van der Waals surface area contributed by atoms with Gasteiger partial charge in [-0.3, -0.25) is 4.79 Å². The number of carbonyl (C=O) groups is 1. The van der Waals surface area contributed by atoms with Crippen molar-refractivity contribution in [3.05, 3.63) is 63.8 Å². The lowest BCUT2D eigenvalue weighted by Gasteiger charge is -2.33. The van der Waals surface area contributed by atoms with Gasteiger partial charge in [-0.05, 0) is 47.9 Å². The standard InChI is InChI=1S/C22H24N2O3S2/c1-3-20-16(2)14-21(28-20)22(25)23-10-12-24(13-11-23)29(26,27)19-9-8-17-6-4-5-7-18(17)15-19/h4-9,14-15H,3,10-13H2,1-2H3. The molecule has 7 heteroatoms. The zero-order chi connectivity index (χ0) is 20.6. The van der Waals surface area contributed by atoms with Gasteiger partial charge in [0.05, 0.1) is 9.77 Å².